The summed E-state index contributed by atoms with van der Waals surface area (Å²) in [4.78, 5) is 12.8. The quantitative estimate of drug-likeness (QED) is 0.816. The second kappa shape index (κ2) is 7.80. The van der Waals surface area contributed by atoms with Crippen molar-refractivity contribution < 1.29 is 17.6 Å². The van der Waals surface area contributed by atoms with Gasteiger partial charge < -0.3 is 5.32 Å². The lowest BCUT2D eigenvalue weighted by atomic mass is 9.78. The molecule has 0 bridgehead atoms. The molecule has 0 radical (unpaired) electrons. The molecule has 1 fully saturated rings. The molecule has 27 heavy (non-hydrogen) atoms. The van der Waals surface area contributed by atoms with Crippen LogP contribution in [-0.4, -0.2) is 26.6 Å². The highest BCUT2D eigenvalue weighted by molar-refractivity contribution is 7.91. The second-order valence-corrected chi connectivity index (χ2v) is 9.32. The molecule has 3 rings (SSSR count). The lowest BCUT2D eigenvalue weighted by Gasteiger charge is -2.30. The van der Waals surface area contributed by atoms with Crippen LogP contribution < -0.4 is 5.32 Å². The number of nitrogens with one attached hydrogen (secondary N) is 1. The van der Waals surface area contributed by atoms with Gasteiger partial charge in [-0.1, -0.05) is 44.0 Å². The zero-order valence-corrected chi connectivity index (χ0v) is 16.2. The van der Waals surface area contributed by atoms with Gasteiger partial charge in [0.15, 0.2) is 9.84 Å². The van der Waals surface area contributed by atoms with Crippen molar-refractivity contribution in [3.05, 3.63) is 65.5 Å². The number of benzene rings is 2. The molecule has 1 saturated carbocycles. The van der Waals surface area contributed by atoms with Crippen molar-refractivity contribution >= 4 is 15.7 Å². The molecular formula is C21H24FNO3S. The van der Waals surface area contributed by atoms with Crippen LogP contribution in [0.25, 0.3) is 0 Å². The molecule has 0 aromatic heterocycles. The average molecular weight is 389 g/mol. The largest absolute Gasteiger partial charge is 0.351 e. The molecule has 0 atom stereocenters. The molecule has 144 valence electrons. The topological polar surface area (TPSA) is 63.2 Å². The minimum absolute atomic E-state index is 0.0587. The highest BCUT2D eigenvalue weighted by Crippen LogP contribution is 2.40. The highest BCUT2D eigenvalue weighted by atomic mass is 32.2. The summed E-state index contributed by atoms with van der Waals surface area (Å²) in [6.45, 7) is 1.96. The third-order valence-corrected chi connectivity index (χ3v) is 7.24. The summed E-state index contributed by atoms with van der Waals surface area (Å²) in [7, 11) is -3.49. The molecule has 0 saturated heterocycles. The summed E-state index contributed by atoms with van der Waals surface area (Å²) >= 11 is 0. The molecule has 1 N–H and O–H groups in total. The zero-order valence-electron chi connectivity index (χ0n) is 15.4. The van der Waals surface area contributed by atoms with Crippen molar-refractivity contribution in [1.82, 2.24) is 5.32 Å². The van der Waals surface area contributed by atoms with E-state index in [0.29, 0.717) is 6.54 Å². The van der Waals surface area contributed by atoms with Gasteiger partial charge in [0, 0.05) is 12.0 Å². The van der Waals surface area contributed by atoms with Gasteiger partial charge in [-0.15, -0.1) is 0 Å². The maximum Gasteiger partial charge on any atom is 0.252 e. The van der Waals surface area contributed by atoms with Crippen molar-refractivity contribution in [1.29, 1.82) is 0 Å². The smallest absolute Gasteiger partial charge is 0.252 e. The summed E-state index contributed by atoms with van der Waals surface area (Å²) in [5.74, 6) is -0.734. The maximum absolute atomic E-state index is 13.3. The molecule has 0 aliphatic heterocycles. The Balaban J connectivity index is 1.83. The van der Waals surface area contributed by atoms with Gasteiger partial charge in [-0.2, -0.15) is 0 Å². The Morgan fingerprint density at radius 3 is 2.33 bits per heavy atom. The van der Waals surface area contributed by atoms with E-state index in [1.807, 2.05) is 0 Å². The van der Waals surface area contributed by atoms with Gasteiger partial charge in [0.2, 0.25) is 0 Å². The Morgan fingerprint density at radius 2 is 1.70 bits per heavy atom. The van der Waals surface area contributed by atoms with Gasteiger partial charge >= 0.3 is 0 Å². The SMILES string of the molecule is CCS(=O)(=O)c1ccccc1C(=O)NCC1(c2ccc(F)cc2)CCCC1. The Bertz CT molecular complexity index is 917. The first-order valence-corrected chi connectivity index (χ1v) is 10.9. The fourth-order valence-electron chi connectivity index (χ4n) is 3.85. The van der Waals surface area contributed by atoms with E-state index in [-0.39, 0.29) is 27.4 Å². The van der Waals surface area contributed by atoms with Gasteiger partial charge in [-0.05, 0) is 42.7 Å². The number of sulfone groups is 1. The zero-order chi connectivity index (χ0) is 19.5. The van der Waals surface area contributed by atoms with Gasteiger partial charge in [-0.25, -0.2) is 12.8 Å². The van der Waals surface area contributed by atoms with E-state index < -0.39 is 15.7 Å². The predicted octanol–water partition coefficient (Wildman–Crippen LogP) is 3.86. The second-order valence-electron chi connectivity index (χ2n) is 7.08. The first-order chi connectivity index (χ1) is 12.9. The van der Waals surface area contributed by atoms with Gasteiger partial charge in [0.25, 0.3) is 5.91 Å². The molecule has 6 heteroatoms. The molecule has 1 amide bonds. The summed E-state index contributed by atoms with van der Waals surface area (Å²) in [5, 5.41) is 2.93. The molecule has 0 unspecified atom stereocenters. The summed E-state index contributed by atoms with van der Waals surface area (Å²) in [5.41, 5.74) is 0.949. The number of halogens is 1. The van der Waals surface area contributed by atoms with Crippen LogP contribution in [0.3, 0.4) is 0 Å². The van der Waals surface area contributed by atoms with Crippen LogP contribution in [0.5, 0.6) is 0 Å². The Hall–Kier alpha value is -2.21. The maximum atomic E-state index is 13.3. The van der Waals surface area contributed by atoms with Crippen LogP contribution in [0, 0.1) is 5.82 Å². The van der Waals surface area contributed by atoms with Crippen molar-refractivity contribution in [2.45, 2.75) is 42.9 Å². The predicted molar refractivity (Wildman–Crippen MR) is 103 cm³/mol. The molecule has 2 aromatic carbocycles. The van der Waals surface area contributed by atoms with Crippen molar-refractivity contribution in [2.24, 2.45) is 0 Å². The molecule has 1 aliphatic rings. The summed E-state index contributed by atoms with van der Waals surface area (Å²) in [6, 6.07) is 12.7. The molecule has 4 nitrogen and oxygen atoms in total. The standard InChI is InChI=1S/C21H24FNO3S/c1-2-27(25,26)19-8-4-3-7-18(19)20(24)23-15-21(13-5-6-14-21)16-9-11-17(22)12-10-16/h3-4,7-12H,2,5-6,13-15H2,1H3,(H,23,24). The first-order valence-electron chi connectivity index (χ1n) is 9.24. The number of hydrogen-bond donors (Lipinski definition) is 1. The number of carbonyl (C=O) groups is 1. The fraction of sp³-hybridized carbons (Fsp3) is 0.381. The lowest BCUT2D eigenvalue weighted by molar-refractivity contribution is 0.0940. The van der Waals surface area contributed by atoms with E-state index in [0.717, 1.165) is 31.2 Å². The molecular weight excluding hydrogens is 365 g/mol. The van der Waals surface area contributed by atoms with Gasteiger partial charge in [0.05, 0.1) is 16.2 Å². The molecule has 0 spiro atoms. The van der Waals surface area contributed by atoms with Crippen LogP contribution in [0.1, 0.15) is 48.5 Å². The summed E-state index contributed by atoms with van der Waals surface area (Å²) < 4.78 is 37.9. The number of carbonyl (C=O) groups excluding carboxylic acids is 1. The van der Waals surface area contributed by atoms with E-state index in [2.05, 4.69) is 5.32 Å². The minimum atomic E-state index is -3.49. The lowest BCUT2D eigenvalue weighted by Crippen LogP contribution is -2.39. The third kappa shape index (κ3) is 4.05. The number of hydrogen-bond acceptors (Lipinski definition) is 3. The third-order valence-electron chi connectivity index (χ3n) is 5.45. The number of amides is 1. The van der Waals surface area contributed by atoms with Crippen LogP contribution in [0.15, 0.2) is 53.4 Å². The molecule has 0 heterocycles. The van der Waals surface area contributed by atoms with Crippen molar-refractivity contribution in [3.63, 3.8) is 0 Å². The van der Waals surface area contributed by atoms with Crippen molar-refractivity contribution in [2.75, 3.05) is 12.3 Å². The monoisotopic (exact) mass is 389 g/mol. The van der Waals surface area contributed by atoms with Crippen LogP contribution in [0.4, 0.5) is 4.39 Å². The van der Waals surface area contributed by atoms with Crippen LogP contribution in [0.2, 0.25) is 0 Å². The van der Waals surface area contributed by atoms with E-state index >= 15 is 0 Å². The Labute approximate surface area is 159 Å². The Morgan fingerprint density at radius 1 is 1.07 bits per heavy atom. The van der Waals surface area contributed by atoms with E-state index in [1.54, 1.807) is 31.2 Å². The summed E-state index contributed by atoms with van der Waals surface area (Å²) in [6.07, 6.45) is 3.92. The highest BCUT2D eigenvalue weighted by Gasteiger charge is 2.36. The first kappa shape index (κ1) is 19.5. The fourth-order valence-corrected chi connectivity index (χ4v) is 4.94. The van der Waals surface area contributed by atoms with Crippen LogP contribution >= 0.6 is 0 Å². The number of rotatable bonds is 6. The van der Waals surface area contributed by atoms with Crippen LogP contribution in [-0.2, 0) is 15.3 Å². The average Bonchev–Trinajstić information content (AvgIpc) is 3.17. The normalized spacial score (nSPS) is 16.2. The van der Waals surface area contributed by atoms with E-state index in [1.165, 1.54) is 24.3 Å². The van der Waals surface area contributed by atoms with Gasteiger partial charge in [-0.3, -0.25) is 4.79 Å². The van der Waals surface area contributed by atoms with E-state index in [9.17, 15) is 17.6 Å². The minimum Gasteiger partial charge on any atom is -0.351 e. The molecule has 2 aromatic rings. The van der Waals surface area contributed by atoms with Crippen molar-refractivity contribution in [3.8, 4) is 0 Å². The molecule has 1 aliphatic carbocycles. The van der Waals surface area contributed by atoms with Gasteiger partial charge in [0.1, 0.15) is 5.82 Å². The van der Waals surface area contributed by atoms with E-state index in [4.69, 9.17) is 0 Å². The Kier molecular flexibility index (Phi) is 5.65.